The van der Waals surface area contributed by atoms with Gasteiger partial charge in [0.1, 0.15) is 0 Å². The Kier molecular flexibility index (Phi) is 4.43. The molecular weight excluding hydrogens is 362 g/mol. The van der Waals surface area contributed by atoms with E-state index in [1.807, 2.05) is 37.4 Å². The molecule has 0 bridgehead atoms. The van der Waals surface area contributed by atoms with E-state index in [0.29, 0.717) is 6.61 Å². The van der Waals surface area contributed by atoms with E-state index in [1.165, 1.54) is 5.56 Å². The SMILES string of the molecule is CCOc1cccc2c1O[C@@H](c1cccnc1)N1N=C(c3ccc(C)cc3)C[C@@H]21. The zero-order chi connectivity index (χ0) is 19.8. The van der Waals surface area contributed by atoms with Gasteiger partial charge in [-0.05, 0) is 31.5 Å². The summed E-state index contributed by atoms with van der Waals surface area (Å²) >= 11 is 0. The van der Waals surface area contributed by atoms with Crippen molar-refractivity contribution in [3.8, 4) is 11.5 Å². The summed E-state index contributed by atoms with van der Waals surface area (Å²) in [6, 6.07) is 18.7. The maximum absolute atomic E-state index is 6.47. The quantitative estimate of drug-likeness (QED) is 0.632. The number of pyridine rings is 1. The second-order valence-electron chi connectivity index (χ2n) is 7.38. The minimum atomic E-state index is -0.342. The molecule has 3 heterocycles. The first-order valence-corrected chi connectivity index (χ1v) is 9.99. The average Bonchev–Trinajstić information content (AvgIpc) is 3.20. The lowest BCUT2D eigenvalue weighted by Gasteiger charge is -2.38. The van der Waals surface area contributed by atoms with E-state index in [2.05, 4.69) is 47.2 Å². The van der Waals surface area contributed by atoms with Crippen molar-refractivity contribution in [1.82, 2.24) is 9.99 Å². The molecule has 5 rings (SSSR count). The van der Waals surface area contributed by atoms with Crippen molar-refractivity contribution in [2.24, 2.45) is 5.10 Å². The summed E-state index contributed by atoms with van der Waals surface area (Å²) in [6.45, 7) is 4.68. The van der Waals surface area contributed by atoms with Gasteiger partial charge in [-0.2, -0.15) is 5.10 Å². The number of para-hydroxylation sites is 1. The molecular formula is C24H23N3O2. The fourth-order valence-electron chi connectivity index (χ4n) is 4.02. The van der Waals surface area contributed by atoms with Crippen molar-refractivity contribution in [2.75, 3.05) is 6.61 Å². The Balaban J connectivity index is 1.60. The Labute approximate surface area is 170 Å². The Bertz CT molecular complexity index is 1050. The van der Waals surface area contributed by atoms with Gasteiger partial charge in [0.05, 0.1) is 18.4 Å². The van der Waals surface area contributed by atoms with Gasteiger partial charge in [-0.1, -0.05) is 48.0 Å². The van der Waals surface area contributed by atoms with Gasteiger partial charge in [-0.25, -0.2) is 5.01 Å². The van der Waals surface area contributed by atoms with Crippen LogP contribution in [0.1, 0.15) is 47.9 Å². The Morgan fingerprint density at radius 3 is 2.72 bits per heavy atom. The second-order valence-corrected chi connectivity index (χ2v) is 7.38. The predicted octanol–water partition coefficient (Wildman–Crippen LogP) is 5.03. The normalized spacial score (nSPS) is 19.8. The van der Waals surface area contributed by atoms with Crippen LogP contribution in [0.15, 0.2) is 72.1 Å². The van der Waals surface area contributed by atoms with Gasteiger partial charge in [-0.3, -0.25) is 4.98 Å². The molecule has 5 nitrogen and oxygen atoms in total. The average molecular weight is 385 g/mol. The van der Waals surface area contributed by atoms with Crippen molar-refractivity contribution < 1.29 is 9.47 Å². The number of nitrogens with zero attached hydrogens (tertiary/aromatic N) is 3. The summed E-state index contributed by atoms with van der Waals surface area (Å²) < 4.78 is 12.3. The lowest BCUT2D eigenvalue weighted by molar-refractivity contribution is -0.0214. The van der Waals surface area contributed by atoms with Gasteiger partial charge in [0.25, 0.3) is 0 Å². The summed E-state index contributed by atoms with van der Waals surface area (Å²) in [7, 11) is 0. The molecule has 2 aliphatic heterocycles. The van der Waals surface area contributed by atoms with Gasteiger partial charge in [0, 0.05) is 29.9 Å². The molecule has 0 N–H and O–H groups in total. The third-order valence-corrected chi connectivity index (χ3v) is 5.43. The van der Waals surface area contributed by atoms with Gasteiger partial charge < -0.3 is 9.47 Å². The second kappa shape index (κ2) is 7.24. The Hall–Kier alpha value is -3.34. The van der Waals surface area contributed by atoms with E-state index in [0.717, 1.165) is 40.3 Å². The fourth-order valence-corrected chi connectivity index (χ4v) is 4.02. The summed E-state index contributed by atoms with van der Waals surface area (Å²) in [5.41, 5.74) is 5.55. The maximum Gasteiger partial charge on any atom is 0.215 e. The van der Waals surface area contributed by atoms with E-state index in [9.17, 15) is 0 Å². The Morgan fingerprint density at radius 2 is 1.97 bits per heavy atom. The Morgan fingerprint density at radius 1 is 1.10 bits per heavy atom. The first-order chi connectivity index (χ1) is 14.2. The zero-order valence-corrected chi connectivity index (χ0v) is 16.6. The van der Waals surface area contributed by atoms with Gasteiger partial charge in [0.2, 0.25) is 6.23 Å². The maximum atomic E-state index is 6.47. The van der Waals surface area contributed by atoms with Crippen LogP contribution in [0, 0.1) is 6.92 Å². The lowest BCUT2D eigenvalue weighted by Crippen LogP contribution is -2.34. The molecule has 2 aliphatic rings. The molecule has 0 amide bonds. The third-order valence-electron chi connectivity index (χ3n) is 5.43. The van der Waals surface area contributed by atoms with Crippen LogP contribution in [0.5, 0.6) is 11.5 Å². The minimum Gasteiger partial charge on any atom is -0.490 e. The third kappa shape index (κ3) is 3.12. The summed E-state index contributed by atoms with van der Waals surface area (Å²) in [5, 5.41) is 7.07. The van der Waals surface area contributed by atoms with Crippen LogP contribution < -0.4 is 9.47 Å². The van der Waals surface area contributed by atoms with Crippen LogP contribution in [0.2, 0.25) is 0 Å². The predicted molar refractivity (Wildman–Crippen MR) is 112 cm³/mol. The number of aromatic nitrogens is 1. The van der Waals surface area contributed by atoms with E-state index in [-0.39, 0.29) is 12.3 Å². The summed E-state index contributed by atoms with van der Waals surface area (Å²) in [4.78, 5) is 4.29. The highest BCUT2D eigenvalue weighted by Gasteiger charge is 2.42. The molecule has 2 aromatic carbocycles. The molecule has 0 fully saturated rings. The van der Waals surface area contributed by atoms with Crippen molar-refractivity contribution in [3.63, 3.8) is 0 Å². The number of benzene rings is 2. The molecule has 0 saturated carbocycles. The first-order valence-electron chi connectivity index (χ1n) is 9.99. The number of aryl methyl sites for hydroxylation is 1. The molecule has 146 valence electrons. The van der Waals surface area contributed by atoms with Crippen LogP contribution in [-0.4, -0.2) is 22.3 Å². The van der Waals surface area contributed by atoms with Crippen LogP contribution in [0.25, 0.3) is 0 Å². The molecule has 0 unspecified atom stereocenters. The number of fused-ring (bicyclic) bond motifs is 3. The minimum absolute atomic E-state index is 0.0978. The van der Waals surface area contributed by atoms with Crippen LogP contribution in [0.4, 0.5) is 0 Å². The van der Waals surface area contributed by atoms with Crippen molar-refractivity contribution in [3.05, 3.63) is 89.2 Å². The highest BCUT2D eigenvalue weighted by Crippen LogP contribution is 2.50. The smallest absolute Gasteiger partial charge is 0.215 e. The standard InChI is InChI=1S/C24H23N3O2/c1-3-28-22-8-4-7-19-21-14-20(17-11-9-16(2)10-12-17)26-27(21)24(29-23(19)22)18-6-5-13-25-15-18/h4-13,15,21,24H,3,14H2,1-2H3/t21-,24-/m0/s1. The van der Waals surface area contributed by atoms with E-state index in [4.69, 9.17) is 14.6 Å². The lowest BCUT2D eigenvalue weighted by atomic mass is 9.95. The van der Waals surface area contributed by atoms with Gasteiger partial charge in [-0.15, -0.1) is 0 Å². The fraction of sp³-hybridized carbons (Fsp3) is 0.250. The summed E-state index contributed by atoms with van der Waals surface area (Å²) in [6.07, 6.45) is 4.10. The molecule has 0 aliphatic carbocycles. The van der Waals surface area contributed by atoms with Crippen LogP contribution >= 0.6 is 0 Å². The highest BCUT2D eigenvalue weighted by molar-refractivity contribution is 6.02. The van der Waals surface area contributed by atoms with Gasteiger partial charge >= 0.3 is 0 Å². The molecule has 0 radical (unpaired) electrons. The molecule has 2 atom stereocenters. The number of rotatable bonds is 4. The van der Waals surface area contributed by atoms with Crippen molar-refractivity contribution in [1.29, 1.82) is 0 Å². The van der Waals surface area contributed by atoms with Crippen molar-refractivity contribution >= 4 is 5.71 Å². The van der Waals surface area contributed by atoms with E-state index in [1.54, 1.807) is 6.20 Å². The molecule has 1 aromatic heterocycles. The number of hydrogen-bond acceptors (Lipinski definition) is 5. The summed E-state index contributed by atoms with van der Waals surface area (Å²) in [5.74, 6) is 1.59. The number of hydrazone groups is 1. The zero-order valence-electron chi connectivity index (χ0n) is 16.6. The highest BCUT2D eigenvalue weighted by atomic mass is 16.5. The molecule has 29 heavy (non-hydrogen) atoms. The molecule has 0 saturated heterocycles. The van der Waals surface area contributed by atoms with Gasteiger partial charge in [0.15, 0.2) is 11.5 Å². The number of ether oxygens (including phenoxy) is 2. The molecule has 3 aromatic rings. The topological polar surface area (TPSA) is 47.0 Å². The van der Waals surface area contributed by atoms with Crippen LogP contribution in [0.3, 0.4) is 0 Å². The van der Waals surface area contributed by atoms with Crippen molar-refractivity contribution in [2.45, 2.75) is 32.5 Å². The van der Waals surface area contributed by atoms with E-state index >= 15 is 0 Å². The van der Waals surface area contributed by atoms with Crippen LogP contribution in [-0.2, 0) is 0 Å². The van der Waals surface area contributed by atoms with E-state index < -0.39 is 0 Å². The largest absolute Gasteiger partial charge is 0.490 e. The molecule has 0 spiro atoms. The first kappa shape index (κ1) is 17.7. The molecule has 5 heteroatoms. The number of hydrogen-bond donors (Lipinski definition) is 0. The monoisotopic (exact) mass is 385 g/mol.